The summed E-state index contributed by atoms with van der Waals surface area (Å²) in [5.74, 6) is 0.471. The maximum Gasteiger partial charge on any atom is 0.241 e. The number of carbonyl (C=O) groups excluding carboxylic acids is 1. The molecule has 0 saturated carbocycles. The standard InChI is InChI=1S/C12H17N5OS2/c1-4-17(3)9(18)5-14-12-10(11(13)16-20-12)8-6-19-7(2)15-8/h6,14H,4-5H2,1-3H3,(H2,13,16). The molecule has 0 saturated heterocycles. The van der Waals surface area contributed by atoms with Gasteiger partial charge < -0.3 is 16.0 Å². The van der Waals surface area contributed by atoms with E-state index in [0.717, 1.165) is 21.3 Å². The van der Waals surface area contributed by atoms with Gasteiger partial charge in [0, 0.05) is 19.0 Å². The number of anilines is 2. The first-order chi connectivity index (χ1) is 9.52. The lowest BCUT2D eigenvalue weighted by Gasteiger charge is -2.14. The van der Waals surface area contributed by atoms with Gasteiger partial charge in [0.05, 0.1) is 22.8 Å². The van der Waals surface area contributed by atoms with Gasteiger partial charge in [0.1, 0.15) is 10.8 Å². The first-order valence-electron chi connectivity index (χ1n) is 6.18. The molecule has 0 unspecified atom stereocenters. The summed E-state index contributed by atoms with van der Waals surface area (Å²) >= 11 is 2.81. The molecular formula is C12H17N5OS2. The quantitative estimate of drug-likeness (QED) is 0.883. The number of hydrogen-bond donors (Lipinski definition) is 2. The number of hydrogen-bond acceptors (Lipinski definition) is 7. The Hall–Kier alpha value is -1.67. The van der Waals surface area contributed by atoms with Crippen LogP contribution >= 0.6 is 22.9 Å². The molecule has 2 rings (SSSR count). The van der Waals surface area contributed by atoms with Crippen LogP contribution in [0.3, 0.4) is 0 Å². The van der Waals surface area contributed by atoms with Crippen LogP contribution in [0.25, 0.3) is 11.3 Å². The zero-order chi connectivity index (χ0) is 14.7. The molecule has 2 aromatic rings. The van der Waals surface area contributed by atoms with Gasteiger partial charge in [-0.3, -0.25) is 4.79 Å². The number of aryl methyl sites for hydroxylation is 1. The molecule has 0 bridgehead atoms. The molecule has 0 atom stereocenters. The number of amides is 1. The second-order valence-corrected chi connectivity index (χ2v) is 6.12. The van der Waals surface area contributed by atoms with E-state index in [1.165, 1.54) is 11.5 Å². The van der Waals surface area contributed by atoms with Gasteiger partial charge in [0.15, 0.2) is 0 Å². The summed E-state index contributed by atoms with van der Waals surface area (Å²) in [5.41, 5.74) is 7.49. The Bertz CT molecular complexity index is 607. The summed E-state index contributed by atoms with van der Waals surface area (Å²) in [6.45, 7) is 4.79. The Morgan fingerprint density at radius 3 is 2.90 bits per heavy atom. The first-order valence-corrected chi connectivity index (χ1v) is 7.83. The van der Waals surface area contributed by atoms with E-state index in [0.29, 0.717) is 12.4 Å². The van der Waals surface area contributed by atoms with Crippen molar-refractivity contribution in [2.75, 3.05) is 31.2 Å². The number of aromatic nitrogens is 2. The molecule has 0 radical (unpaired) electrons. The molecule has 3 N–H and O–H groups in total. The van der Waals surface area contributed by atoms with Gasteiger partial charge in [-0.05, 0) is 25.4 Å². The molecule has 0 aliphatic carbocycles. The highest BCUT2D eigenvalue weighted by Gasteiger charge is 2.17. The molecule has 8 heteroatoms. The molecule has 0 aliphatic heterocycles. The van der Waals surface area contributed by atoms with Crippen LogP contribution in [0.5, 0.6) is 0 Å². The van der Waals surface area contributed by atoms with Gasteiger partial charge in [-0.15, -0.1) is 11.3 Å². The van der Waals surface area contributed by atoms with Crippen molar-refractivity contribution in [2.24, 2.45) is 0 Å². The number of nitrogens with two attached hydrogens (primary N) is 1. The molecular weight excluding hydrogens is 294 g/mol. The maximum atomic E-state index is 11.8. The third kappa shape index (κ3) is 3.07. The van der Waals surface area contributed by atoms with E-state index in [2.05, 4.69) is 14.7 Å². The van der Waals surface area contributed by atoms with E-state index in [4.69, 9.17) is 5.73 Å². The molecule has 0 spiro atoms. The number of nitrogens with zero attached hydrogens (tertiary/aromatic N) is 3. The predicted octanol–water partition coefficient (Wildman–Crippen LogP) is 2.05. The Balaban J connectivity index is 2.16. The SMILES string of the molecule is CCN(C)C(=O)CNc1snc(N)c1-c1csc(C)n1. The van der Waals surface area contributed by atoms with Gasteiger partial charge in [-0.2, -0.15) is 4.37 Å². The summed E-state index contributed by atoms with van der Waals surface area (Å²) in [6, 6.07) is 0. The molecule has 20 heavy (non-hydrogen) atoms. The second-order valence-electron chi connectivity index (χ2n) is 4.29. The van der Waals surface area contributed by atoms with E-state index in [1.807, 2.05) is 19.2 Å². The number of nitrogen functional groups attached to an aromatic ring is 1. The fourth-order valence-corrected chi connectivity index (χ4v) is 2.94. The Morgan fingerprint density at radius 1 is 1.55 bits per heavy atom. The van der Waals surface area contributed by atoms with E-state index in [1.54, 1.807) is 23.3 Å². The van der Waals surface area contributed by atoms with Gasteiger partial charge in [-0.25, -0.2) is 4.98 Å². The van der Waals surface area contributed by atoms with Crippen LogP contribution in [0.1, 0.15) is 11.9 Å². The highest BCUT2D eigenvalue weighted by atomic mass is 32.1. The minimum atomic E-state index is 0.0277. The highest BCUT2D eigenvalue weighted by molar-refractivity contribution is 7.11. The number of thiazole rings is 1. The molecule has 0 fully saturated rings. The van der Waals surface area contributed by atoms with Crippen molar-refractivity contribution in [3.8, 4) is 11.3 Å². The first kappa shape index (κ1) is 14.7. The van der Waals surface area contributed by atoms with Gasteiger partial charge in [0.2, 0.25) is 5.91 Å². The van der Waals surface area contributed by atoms with E-state index in [-0.39, 0.29) is 12.5 Å². The van der Waals surface area contributed by atoms with E-state index >= 15 is 0 Å². The zero-order valence-corrected chi connectivity index (χ0v) is 13.3. The summed E-state index contributed by atoms with van der Waals surface area (Å²) in [6.07, 6.45) is 0. The number of rotatable bonds is 5. The lowest BCUT2D eigenvalue weighted by Crippen LogP contribution is -2.31. The molecule has 0 aromatic carbocycles. The lowest BCUT2D eigenvalue weighted by atomic mass is 10.2. The zero-order valence-electron chi connectivity index (χ0n) is 11.6. The van der Waals surface area contributed by atoms with E-state index < -0.39 is 0 Å². The van der Waals surface area contributed by atoms with Gasteiger partial charge in [0.25, 0.3) is 0 Å². The molecule has 108 valence electrons. The highest BCUT2D eigenvalue weighted by Crippen LogP contribution is 2.36. The van der Waals surface area contributed by atoms with Gasteiger partial charge in [-0.1, -0.05) is 0 Å². The van der Waals surface area contributed by atoms with Crippen LogP contribution < -0.4 is 11.1 Å². The minimum Gasteiger partial charge on any atom is -0.382 e. The monoisotopic (exact) mass is 311 g/mol. The smallest absolute Gasteiger partial charge is 0.241 e. The molecule has 2 aromatic heterocycles. The van der Waals surface area contributed by atoms with Crippen molar-refractivity contribution >= 4 is 39.6 Å². The molecule has 1 amide bonds. The number of carbonyl (C=O) groups is 1. The Labute approximate surface area is 125 Å². The summed E-state index contributed by atoms with van der Waals surface area (Å²) in [4.78, 5) is 17.9. The van der Waals surface area contributed by atoms with Crippen LogP contribution in [0.15, 0.2) is 5.38 Å². The van der Waals surface area contributed by atoms with Crippen molar-refractivity contribution in [1.29, 1.82) is 0 Å². The van der Waals surface area contributed by atoms with E-state index in [9.17, 15) is 4.79 Å². The topological polar surface area (TPSA) is 84.1 Å². The van der Waals surface area contributed by atoms with Crippen molar-refractivity contribution < 1.29 is 4.79 Å². The summed E-state index contributed by atoms with van der Waals surface area (Å²) < 4.78 is 4.14. The predicted molar refractivity (Wildman–Crippen MR) is 84.2 cm³/mol. The van der Waals surface area contributed by atoms with Crippen molar-refractivity contribution in [3.63, 3.8) is 0 Å². The largest absolute Gasteiger partial charge is 0.382 e. The Morgan fingerprint density at radius 2 is 2.30 bits per heavy atom. The molecule has 0 aliphatic rings. The van der Waals surface area contributed by atoms with Crippen LogP contribution in [0.2, 0.25) is 0 Å². The molecule has 2 heterocycles. The summed E-state index contributed by atoms with van der Waals surface area (Å²) in [5, 5.41) is 6.81. The fourth-order valence-electron chi connectivity index (χ4n) is 1.62. The third-order valence-electron chi connectivity index (χ3n) is 2.89. The average molecular weight is 311 g/mol. The van der Waals surface area contributed by atoms with Crippen LogP contribution in [0.4, 0.5) is 10.8 Å². The van der Waals surface area contributed by atoms with Crippen LogP contribution in [-0.2, 0) is 4.79 Å². The van der Waals surface area contributed by atoms with Crippen molar-refractivity contribution in [1.82, 2.24) is 14.3 Å². The van der Waals surface area contributed by atoms with Gasteiger partial charge >= 0.3 is 0 Å². The maximum absolute atomic E-state index is 11.8. The fraction of sp³-hybridized carbons (Fsp3) is 0.417. The van der Waals surface area contributed by atoms with Crippen molar-refractivity contribution in [2.45, 2.75) is 13.8 Å². The van der Waals surface area contributed by atoms with Crippen LogP contribution in [0, 0.1) is 6.92 Å². The van der Waals surface area contributed by atoms with Crippen molar-refractivity contribution in [3.05, 3.63) is 10.4 Å². The Kier molecular flexibility index (Phi) is 4.56. The average Bonchev–Trinajstić information content (AvgIpc) is 3.01. The number of likely N-dealkylation sites (N-methyl/N-ethyl adjacent to an activating group) is 1. The minimum absolute atomic E-state index is 0.0277. The second kappa shape index (κ2) is 6.19. The van der Waals surface area contributed by atoms with Crippen LogP contribution in [-0.4, -0.2) is 40.3 Å². The molecule has 6 nitrogen and oxygen atoms in total. The summed E-state index contributed by atoms with van der Waals surface area (Å²) in [7, 11) is 1.77. The third-order valence-corrected chi connectivity index (χ3v) is 4.49. The lowest BCUT2D eigenvalue weighted by molar-refractivity contribution is -0.127. The number of nitrogens with one attached hydrogen (secondary N) is 1. The normalized spacial score (nSPS) is 10.6.